The molecule has 0 aliphatic carbocycles. The second kappa shape index (κ2) is 11.2. The molecule has 170 valence electrons. The van der Waals surface area contributed by atoms with Crippen molar-refractivity contribution in [3.63, 3.8) is 0 Å². The van der Waals surface area contributed by atoms with Gasteiger partial charge in [-0.1, -0.05) is 38.5 Å². The number of aliphatic hydroxyl groups is 1. The van der Waals surface area contributed by atoms with Gasteiger partial charge in [0, 0.05) is 17.2 Å². The Morgan fingerprint density at radius 3 is 2.53 bits per heavy atom. The van der Waals surface area contributed by atoms with E-state index in [-0.39, 0.29) is 12.1 Å². The Morgan fingerprint density at radius 2 is 1.88 bits per heavy atom. The maximum atomic E-state index is 13.0. The van der Waals surface area contributed by atoms with E-state index in [1.807, 2.05) is 35.7 Å². The minimum Gasteiger partial charge on any atom is -0.391 e. The van der Waals surface area contributed by atoms with E-state index in [4.69, 9.17) is 5.73 Å². The average molecular weight is 455 g/mol. The van der Waals surface area contributed by atoms with Crippen molar-refractivity contribution in [3.05, 3.63) is 58.5 Å². The first-order valence-corrected chi connectivity index (χ1v) is 11.7. The molecule has 0 aliphatic rings. The summed E-state index contributed by atoms with van der Waals surface area (Å²) in [6, 6.07) is 10.6. The molecule has 7 nitrogen and oxygen atoms in total. The van der Waals surface area contributed by atoms with Gasteiger partial charge in [0.2, 0.25) is 5.91 Å². The summed E-state index contributed by atoms with van der Waals surface area (Å²) >= 11 is 1.55. The van der Waals surface area contributed by atoms with Crippen molar-refractivity contribution in [2.45, 2.75) is 51.7 Å². The number of aromatic nitrogens is 2. The molecule has 0 spiro atoms. The van der Waals surface area contributed by atoms with Crippen molar-refractivity contribution in [2.75, 3.05) is 0 Å². The smallest absolute Gasteiger partial charge is 0.271 e. The largest absolute Gasteiger partial charge is 0.391 e. The van der Waals surface area contributed by atoms with Gasteiger partial charge >= 0.3 is 0 Å². The van der Waals surface area contributed by atoms with Crippen molar-refractivity contribution in [1.29, 1.82) is 0 Å². The predicted octanol–water partition coefficient (Wildman–Crippen LogP) is 3.32. The summed E-state index contributed by atoms with van der Waals surface area (Å²) in [5, 5.41) is 15.9. The number of para-hydroxylation sites is 2. The standard InChI is InChI=1S/C24H30N4O3S/c1-15(2)9-10-16(23(25)30)12-22(29)20(13-17-6-5-11-32-17)28-24(31)21-14-26-18-7-3-4-8-19(18)27-21/h3-8,11,14-16,20,22,29H,9-10,12-13H2,1-2H3,(H2,25,30)(H,28,31)/t16-,20+,22+/m1/s1. The molecule has 2 aromatic heterocycles. The first-order chi connectivity index (χ1) is 15.3. The van der Waals surface area contributed by atoms with Gasteiger partial charge in [-0.15, -0.1) is 11.3 Å². The van der Waals surface area contributed by atoms with Gasteiger partial charge in [0.1, 0.15) is 5.69 Å². The highest BCUT2D eigenvalue weighted by molar-refractivity contribution is 7.09. The summed E-state index contributed by atoms with van der Waals surface area (Å²) in [4.78, 5) is 34.6. The van der Waals surface area contributed by atoms with E-state index in [0.29, 0.717) is 29.8 Å². The number of hydrogen-bond donors (Lipinski definition) is 3. The maximum Gasteiger partial charge on any atom is 0.271 e. The number of aliphatic hydroxyl groups excluding tert-OH is 1. The van der Waals surface area contributed by atoms with Crippen LogP contribution < -0.4 is 11.1 Å². The molecule has 0 aliphatic heterocycles. The average Bonchev–Trinajstić information content (AvgIpc) is 3.28. The van der Waals surface area contributed by atoms with Gasteiger partial charge in [0.15, 0.2) is 0 Å². The van der Waals surface area contributed by atoms with E-state index >= 15 is 0 Å². The fraction of sp³-hybridized carbons (Fsp3) is 0.417. The number of carbonyl (C=O) groups excluding carboxylic acids is 2. The Hall–Kier alpha value is -2.84. The molecule has 0 bridgehead atoms. The van der Waals surface area contributed by atoms with Gasteiger partial charge in [-0.25, -0.2) is 4.98 Å². The van der Waals surface area contributed by atoms with Crippen LogP contribution in [0.25, 0.3) is 11.0 Å². The summed E-state index contributed by atoms with van der Waals surface area (Å²) in [5.41, 5.74) is 7.10. The second-order valence-corrected chi connectivity index (χ2v) is 9.51. The number of fused-ring (bicyclic) bond motifs is 1. The molecule has 0 radical (unpaired) electrons. The SMILES string of the molecule is CC(C)CC[C@H](C[C@H](O)[C@H](Cc1cccs1)NC(=O)c1cnc2ccccc2n1)C(N)=O. The first-order valence-electron chi connectivity index (χ1n) is 10.9. The van der Waals surface area contributed by atoms with Crippen LogP contribution in [0, 0.1) is 11.8 Å². The number of amides is 2. The van der Waals surface area contributed by atoms with Crippen molar-refractivity contribution >= 4 is 34.2 Å². The van der Waals surface area contributed by atoms with Gasteiger partial charge in [0.05, 0.1) is 29.4 Å². The minimum absolute atomic E-state index is 0.179. The van der Waals surface area contributed by atoms with E-state index in [2.05, 4.69) is 29.1 Å². The first kappa shape index (κ1) is 23.8. The van der Waals surface area contributed by atoms with Crippen LogP contribution in [-0.2, 0) is 11.2 Å². The summed E-state index contributed by atoms with van der Waals surface area (Å²) < 4.78 is 0. The van der Waals surface area contributed by atoms with Crippen LogP contribution in [0.5, 0.6) is 0 Å². The molecule has 2 amide bonds. The third-order valence-corrected chi connectivity index (χ3v) is 6.38. The molecule has 32 heavy (non-hydrogen) atoms. The lowest BCUT2D eigenvalue weighted by Gasteiger charge is -2.26. The van der Waals surface area contributed by atoms with Gasteiger partial charge in [-0.05, 0) is 42.3 Å². The Morgan fingerprint density at radius 1 is 1.12 bits per heavy atom. The number of primary amides is 1. The van der Waals surface area contributed by atoms with Crippen LogP contribution >= 0.6 is 11.3 Å². The maximum absolute atomic E-state index is 13.0. The number of benzene rings is 1. The van der Waals surface area contributed by atoms with E-state index < -0.39 is 29.9 Å². The molecule has 0 saturated heterocycles. The molecule has 3 atom stereocenters. The number of thiophene rings is 1. The molecule has 2 heterocycles. The lowest BCUT2D eigenvalue weighted by atomic mass is 9.89. The van der Waals surface area contributed by atoms with Crippen LogP contribution in [0.1, 0.15) is 48.5 Å². The number of rotatable bonds is 11. The van der Waals surface area contributed by atoms with Crippen molar-refractivity contribution in [2.24, 2.45) is 17.6 Å². The second-order valence-electron chi connectivity index (χ2n) is 8.48. The van der Waals surface area contributed by atoms with Gasteiger partial charge in [0.25, 0.3) is 5.91 Å². The third-order valence-electron chi connectivity index (χ3n) is 5.48. The topological polar surface area (TPSA) is 118 Å². The Balaban J connectivity index is 1.76. The number of carbonyl (C=O) groups is 2. The summed E-state index contributed by atoms with van der Waals surface area (Å²) in [5.74, 6) is -0.856. The zero-order chi connectivity index (χ0) is 23.1. The van der Waals surface area contributed by atoms with Gasteiger partial charge in [-0.2, -0.15) is 0 Å². The van der Waals surface area contributed by atoms with Crippen molar-refractivity contribution in [3.8, 4) is 0 Å². The van der Waals surface area contributed by atoms with Gasteiger partial charge < -0.3 is 16.2 Å². The molecular formula is C24H30N4O3S. The highest BCUT2D eigenvalue weighted by Crippen LogP contribution is 2.21. The molecule has 4 N–H and O–H groups in total. The van der Waals surface area contributed by atoms with Crippen LogP contribution in [0.4, 0.5) is 0 Å². The zero-order valence-electron chi connectivity index (χ0n) is 18.4. The lowest BCUT2D eigenvalue weighted by Crippen LogP contribution is -2.46. The Bertz CT molecular complexity index is 1040. The molecule has 0 saturated carbocycles. The number of nitrogens with two attached hydrogens (primary N) is 1. The van der Waals surface area contributed by atoms with E-state index in [0.717, 1.165) is 11.3 Å². The van der Waals surface area contributed by atoms with Crippen LogP contribution in [-0.4, -0.2) is 39.0 Å². The molecule has 0 fully saturated rings. The molecule has 0 unspecified atom stereocenters. The van der Waals surface area contributed by atoms with Gasteiger partial charge in [-0.3, -0.25) is 14.6 Å². The van der Waals surface area contributed by atoms with Crippen LogP contribution in [0.15, 0.2) is 48.0 Å². The quantitative estimate of drug-likeness (QED) is 0.411. The minimum atomic E-state index is -0.931. The molecule has 3 aromatic rings. The van der Waals surface area contributed by atoms with Crippen LogP contribution in [0.2, 0.25) is 0 Å². The molecule has 3 rings (SSSR count). The molecule has 8 heteroatoms. The van der Waals surface area contributed by atoms with Crippen molar-refractivity contribution in [1.82, 2.24) is 15.3 Å². The zero-order valence-corrected chi connectivity index (χ0v) is 19.2. The number of nitrogens with zero attached hydrogens (tertiary/aromatic N) is 2. The Kier molecular flexibility index (Phi) is 8.30. The van der Waals surface area contributed by atoms with Crippen LogP contribution in [0.3, 0.4) is 0 Å². The van der Waals surface area contributed by atoms with E-state index in [1.165, 1.54) is 6.20 Å². The summed E-state index contributed by atoms with van der Waals surface area (Å²) in [6.07, 6.45) is 2.60. The third kappa shape index (κ3) is 6.58. The predicted molar refractivity (Wildman–Crippen MR) is 126 cm³/mol. The fourth-order valence-electron chi connectivity index (χ4n) is 3.60. The molecule has 1 aromatic carbocycles. The number of nitrogens with one attached hydrogen (secondary N) is 1. The normalized spacial score (nSPS) is 14.2. The number of hydrogen-bond acceptors (Lipinski definition) is 6. The Labute approximate surface area is 192 Å². The highest BCUT2D eigenvalue weighted by atomic mass is 32.1. The highest BCUT2D eigenvalue weighted by Gasteiger charge is 2.28. The fourth-order valence-corrected chi connectivity index (χ4v) is 4.37. The summed E-state index contributed by atoms with van der Waals surface area (Å²) in [7, 11) is 0. The molecular weight excluding hydrogens is 424 g/mol. The monoisotopic (exact) mass is 454 g/mol. The van der Waals surface area contributed by atoms with E-state index in [9.17, 15) is 14.7 Å². The lowest BCUT2D eigenvalue weighted by molar-refractivity contribution is -0.123. The summed E-state index contributed by atoms with van der Waals surface area (Å²) in [6.45, 7) is 4.16. The van der Waals surface area contributed by atoms with E-state index in [1.54, 1.807) is 17.4 Å². The van der Waals surface area contributed by atoms with Crippen molar-refractivity contribution < 1.29 is 14.7 Å².